The smallest absolute Gasteiger partial charge is 0.192 e. The summed E-state index contributed by atoms with van der Waals surface area (Å²) >= 11 is 0. The lowest BCUT2D eigenvalue weighted by Gasteiger charge is -2.42. The summed E-state index contributed by atoms with van der Waals surface area (Å²) in [6, 6.07) is 10.6. The molecule has 4 heteroatoms. The van der Waals surface area contributed by atoms with E-state index >= 15 is 0 Å². The Balaban J connectivity index is 1.77. The maximum absolute atomic E-state index is 6.65. The Kier molecular flexibility index (Phi) is 4.24. The normalized spacial score (nSPS) is 34.6. The molecular formula is C19H30O3Si. The Labute approximate surface area is 141 Å². The first-order chi connectivity index (χ1) is 10.6. The van der Waals surface area contributed by atoms with E-state index in [0.717, 1.165) is 6.42 Å². The summed E-state index contributed by atoms with van der Waals surface area (Å²) in [7, 11) is -1.84. The predicted molar refractivity (Wildman–Crippen MR) is 95.1 cm³/mol. The highest BCUT2D eigenvalue weighted by atomic mass is 28.4. The maximum atomic E-state index is 6.65. The molecule has 2 aliphatic rings. The van der Waals surface area contributed by atoms with E-state index in [9.17, 15) is 0 Å². The fraction of sp³-hybridized carbons (Fsp3) is 0.684. The van der Waals surface area contributed by atoms with Gasteiger partial charge in [-0.15, -0.1) is 0 Å². The second kappa shape index (κ2) is 5.69. The van der Waals surface area contributed by atoms with Gasteiger partial charge in [-0.3, -0.25) is 0 Å². The molecule has 0 saturated carbocycles. The van der Waals surface area contributed by atoms with Gasteiger partial charge >= 0.3 is 0 Å². The molecule has 1 aromatic rings. The van der Waals surface area contributed by atoms with Gasteiger partial charge in [-0.2, -0.15) is 0 Å². The number of rotatable bonds is 3. The topological polar surface area (TPSA) is 27.7 Å². The van der Waals surface area contributed by atoms with Crippen molar-refractivity contribution in [1.82, 2.24) is 0 Å². The first kappa shape index (κ1) is 17.2. The predicted octanol–water partition coefficient (Wildman–Crippen LogP) is 4.70. The average molecular weight is 335 g/mol. The van der Waals surface area contributed by atoms with Crippen molar-refractivity contribution in [3.63, 3.8) is 0 Å². The molecule has 0 N–H and O–H groups in total. The number of ether oxygens (including phenoxy) is 2. The Morgan fingerprint density at radius 2 is 1.83 bits per heavy atom. The van der Waals surface area contributed by atoms with Gasteiger partial charge in [-0.1, -0.05) is 51.1 Å². The zero-order chi connectivity index (χ0) is 16.9. The molecule has 4 atom stereocenters. The van der Waals surface area contributed by atoms with Crippen molar-refractivity contribution < 1.29 is 13.9 Å². The number of benzene rings is 1. The van der Waals surface area contributed by atoms with Gasteiger partial charge in [0.1, 0.15) is 6.10 Å². The van der Waals surface area contributed by atoms with Crippen molar-refractivity contribution in [1.29, 1.82) is 0 Å². The highest BCUT2D eigenvalue weighted by Gasteiger charge is 2.55. The molecule has 3 nitrogen and oxygen atoms in total. The van der Waals surface area contributed by atoms with Crippen LogP contribution in [0, 0.1) is 0 Å². The van der Waals surface area contributed by atoms with Crippen LogP contribution in [0.5, 0.6) is 0 Å². The molecule has 23 heavy (non-hydrogen) atoms. The fourth-order valence-electron chi connectivity index (χ4n) is 3.28. The lowest BCUT2D eigenvalue weighted by Crippen LogP contribution is -2.51. The first-order valence-corrected chi connectivity index (χ1v) is 11.6. The summed E-state index contributed by atoms with van der Waals surface area (Å²) in [4.78, 5) is 0. The molecule has 2 aliphatic heterocycles. The average Bonchev–Trinajstić information content (AvgIpc) is 2.69. The van der Waals surface area contributed by atoms with Crippen LogP contribution >= 0.6 is 0 Å². The van der Waals surface area contributed by atoms with Gasteiger partial charge in [0, 0.05) is 12.3 Å². The van der Waals surface area contributed by atoms with Crippen LogP contribution in [0.1, 0.15) is 45.6 Å². The first-order valence-electron chi connectivity index (χ1n) is 8.67. The van der Waals surface area contributed by atoms with Gasteiger partial charge in [0.15, 0.2) is 14.1 Å². The fourth-order valence-corrected chi connectivity index (χ4v) is 4.66. The molecule has 0 aliphatic carbocycles. The van der Waals surface area contributed by atoms with Crippen LogP contribution in [0.4, 0.5) is 0 Å². The van der Waals surface area contributed by atoms with E-state index in [2.05, 4.69) is 64.2 Å². The van der Waals surface area contributed by atoms with Crippen LogP contribution in [0.15, 0.2) is 30.3 Å². The molecule has 0 aromatic heterocycles. The van der Waals surface area contributed by atoms with Gasteiger partial charge in [-0.05, 0) is 30.6 Å². The van der Waals surface area contributed by atoms with Gasteiger partial charge in [0.05, 0.1) is 12.7 Å². The van der Waals surface area contributed by atoms with E-state index in [0.29, 0.717) is 12.5 Å². The number of hydrogen-bond donors (Lipinski definition) is 0. The van der Waals surface area contributed by atoms with E-state index in [-0.39, 0.29) is 17.2 Å². The Hall–Kier alpha value is -0.683. The van der Waals surface area contributed by atoms with Gasteiger partial charge in [0.25, 0.3) is 0 Å². The summed E-state index contributed by atoms with van der Waals surface area (Å²) < 4.78 is 19.1. The molecule has 2 bridgehead atoms. The van der Waals surface area contributed by atoms with Crippen LogP contribution in [-0.4, -0.2) is 32.9 Å². The van der Waals surface area contributed by atoms with E-state index in [1.54, 1.807) is 0 Å². The molecule has 128 valence electrons. The largest absolute Gasteiger partial charge is 0.408 e. The van der Waals surface area contributed by atoms with Crippen LogP contribution in [0.25, 0.3) is 0 Å². The minimum absolute atomic E-state index is 0.0297. The highest BCUT2D eigenvalue weighted by molar-refractivity contribution is 6.74. The summed E-state index contributed by atoms with van der Waals surface area (Å²) in [5, 5.41) is 0.193. The maximum Gasteiger partial charge on any atom is 0.192 e. The lowest BCUT2D eigenvalue weighted by atomic mass is 9.92. The van der Waals surface area contributed by atoms with Crippen LogP contribution < -0.4 is 0 Å². The Morgan fingerprint density at radius 1 is 1.17 bits per heavy atom. The SMILES string of the molecule is CC(C)(C)[Si](C)(C)O[C@@H]1C[C@H]2O[C@]1(C)OC[C@H]2c1ccccc1. The Bertz CT molecular complexity index is 551. The monoisotopic (exact) mass is 334 g/mol. The molecule has 0 spiro atoms. The van der Waals surface area contributed by atoms with Gasteiger partial charge in [-0.25, -0.2) is 0 Å². The molecule has 2 fully saturated rings. The molecule has 1 aromatic carbocycles. The third-order valence-electron chi connectivity index (χ3n) is 5.89. The highest BCUT2D eigenvalue weighted by Crippen LogP contribution is 2.48. The standard InChI is InChI=1S/C19H30O3Si/c1-18(2,3)23(5,6)22-17-12-16-15(13-20-19(17,4)21-16)14-10-8-7-9-11-14/h7-11,15-17H,12-13H2,1-6H3/t15-,16+,17+,19-/m0/s1. The van der Waals surface area contributed by atoms with Crippen molar-refractivity contribution in [2.24, 2.45) is 0 Å². The minimum atomic E-state index is -1.84. The summed E-state index contributed by atoms with van der Waals surface area (Å²) in [6.07, 6.45) is 1.13. The van der Waals surface area contributed by atoms with Crippen molar-refractivity contribution in [2.75, 3.05) is 6.61 Å². The molecule has 0 unspecified atom stereocenters. The second-order valence-corrected chi connectivity index (χ2v) is 13.4. The zero-order valence-corrected chi connectivity index (χ0v) is 16.3. The van der Waals surface area contributed by atoms with Crippen molar-refractivity contribution in [3.8, 4) is 0 Å². The third kappa shape index (κ3) is 3.14. The van der Waals surface area contributed by atoms with Crippen molar-refractivity contribution in [2.45, 2.75) is 76.2 Å². The van der Waals surface area contributed by atoms with Gasteiger partial charge < -0.3 is 13.9 Å². The molecule has 3 rings (SSSR count). The van der Waals surface area contributed by atoms with E-state index in [1.165, 1.54) is 5.56 Å². The molecule has 0 amide bonds. The summed E-state index contributed by atoms with van der Waals surface area (Å²) in [6.45, 7) is 14.2. The second-order valence-electron chi connectivity index (χ2n) is 8.60. The quantitative estimate of drug-likeness (QED) is 0.750. The molecule has 0 radical (unpaired) electrons. The van der Waals surface area contributed by atoms with Crippen LogP contribution in [0.3, 0.4) is 0 Å². The van der Waals surface area contributed by atoms with E-state index in [1.807, 2.05) is 6.92 Å². The summed E-state index contributed by atoms with van der Waals surface area (Å²) in [5.74, 6) is -0.289. The molecule has 2 saturated heterocycles. The zero-order valence-electron chi connectivity index (χ0n) is 15.3. The van der Waals surface area contributed by atoms with Crippen molar-refractivity contribution in [3.05, 3.63) is 35.9 Å². The van der Waals surface area contributed by atoms with E-state index in [4.69, 9.17) is 13.9 Å². The van der Waals surface area contributed by atoms with E-state index < -0.39 is 14.1 Å². The molecular weight excluding hydrogens is 304 g/mol. The van der Waals surface area contributed by atoms with Crippen LogP contribution in [0.2, 0.25) is 18.1 Å². The lowest BCUT2D eigenvalue weighted by molar-refractivity contribution is -0.277. The Morgan fingerprint density at radius 3 is 2.43 bits per heavy atom. The summed E-state index contributed by atoms with van der Waals surface area (Å²) in [5.41, 5.74) is 1.30. The van der Waals surface area contributed by atoms with Gasteiger partial charge in [0.2, 0.25) is 0 Å². The number of fused-ring (bicyclic) bond motifs is 2. The van der Waals surface area contributed by atoms with Crippen LogP contribution in [-0.2, 0) is 13.9 Å². The third-order valence-corrected chi connectivity index (χ3v) is 10.4. The number of hydrogen-bond acceptors (Lipinski definition) is 3. The minimum Gasteiger partial charge on any atom is -0.408 e. The van der Waals surface area contributed by atoms with Crippen molar-refractivity contribution >= 4 is 8.32 Å². The molecule has 2 heterocycles.